The van der Waals surface area contributed by atoms with Gasteiger partial charge < -0.3 is 19.7 Å². The monoisotopic (exact) mass is 690 g/mol. The second kappa shape index (κ2) is 16.4. The van der Waals surface area contributed by atoms with Gasteiger partial charge in [0.1, 0.15) is 28.8 Å². The Kier molecular flexibility index (Phi) is 11.8. The Morgan fingerprint density at radius 2 is 1.76 bits per heavy atom. The number of terminal acetylenes is 1. The number of allylic oxidation sites excluding steroid dienone is 4. The molecule has 0 atom stereocenters. The molecule has 1 aliphatic rings. The van der Waals surface area contributed by atoms with Gasteiger partial charge in [0.2, 0.25) is 0 Å². The molecule has 0 unspecified atom stereocenters. The van der Waals surface area contributed by atoms with Crippen molar-refractivity contribution in [3.63, 3.8) is 0 Å². The topological polar surface area (TPSA) is 126 Å². The molecule has 4 amide bonds. The van der Waals surface area contributed by atoms with E-state index < -0.39 is 6.03 Å². The van der Waals surface area contributed by atoms with Crippen LogP contribution in [-0.2, 0) is 10.2 Å². The average Bonchev–Trinajstić information content (AvgIpc) is 3.53. The van der Waals surface area contributed by atoms with Crippen LogP contribution in [0.4, 0.5) is 26.9 Å². The molecule has 2 aromatic carbocycles. The second-order valence-electron chi connectivity index (χ2n) is 13.5. The molecule has 2 aromatic heterocycles. The van der Waals surface area contributed by atoms with Crippen LogP contribution in [0, 0.1) is 12.3 Å². The highest BCUT2D eigenvalue weighted by molar-refractivity contribution is 6.07. The summed E-state index contributed by atoms with van der Waals surface area (Å²) in [6, 6.07) is 15.7. The fourth-order valence-electron chi connectivity index (χ4n) is 5.28. The number of nitrogens with zero attached hydrogens (tertiary/aromatic N) is 5. The van der Waals surface area contributed by atoms with E-state index in [0.29, 0.717) is 54.3 Å². The number of hydrogen-bond donors (Lipinski definition) is 3. The molecule has 1 fully saturated rings. The number of urea groups is 2. The number of likely N-dealkylation sites (N-methyl/N-ethyl adjacent to an activating group) is 1. The third kappa shape index (κ3) is 9.75. The fourth-order valence-corrected chi connectivity index (χ4v) is 5.28. The number of pyridine rings is 1. The van der Waals surface area contributed by atoms with Gasteiger partial charge in [0, 0.05) is 67.7 Å². The van der Waals surface area contributed by atoms with E-state index in [4.69, 9.17) is 21.0 Å². The summed E-state index contributed by atoms with van der Waals surface area (Å²) in [5, 5.41) is 15.0. The van der Waals surface area contributed by atoms with Gasteiger partial charge in [0.05, 0.1) is 24.6 Å². The largest absolute Gasteiger partial charge is 0.457 e. The molecule has 0 saturated carbocycles. The van der Waals surface area contributed by atoms with E-state index in [-0.39, 0.29) is 11.4 Å². The number of hydrogen-bond acceptors (Lipinski definition) is 7. The molecule has 0 radical (unpaired) electrons. The van der Waals surface area contributed by atoms with Crippen LogP contribution in [0.5, 0.6) is 11.5 Å². The molecule has 3 N–H and O–H groups in total. The Labute approximate surface area is 299 Å². The molecule has 0 aliphatic carbocycles. The molecule has 0 bridgehead atoms. The van der Waals surface area contributed by atoms with Gasteiger partial charge in [-0.1, -0.05) is 62.6 Å². The lowest BCUT2D eigenvalue weighted by atomic mass is 9.92. The van der Waals surface area contributed by atoms with Crippen molar-refractivity contribution in [1.29, 1.82) is 0 Å². The normalized spacial score (nSPS) is 13.6. The number of benzene rings is 2. The summed E-state index contributed by atoms with van der Waals surface area (Å²) in [5.41, 5.74) is 2.65. The van der Waals surface area contributed by atoms with Crippen LogP contribution in [-0.4, -0.2) is 83.1 Å². The van der Waals surface area contributed by atoms with Crippen molar-refractivity contribution in [2.24, 2.45) is 0 Å². The van der Waals surface area contributed by atoms with E-state index in [0.717, 1.165) is 41.7 Å². The number of amides is 4. The summed E-state index contributed by atoms with van der Waals surface area (Å²) in [6.45, 7) is 14.6. The van der Waals surface area contributed by atoms with E-state index >= 15 is 0 Å². The molecule has 51 heavy (non-hydrogen) atoms. The van der Waals surface area contributed by atoms with Crippen molar-refractivity contribution in [1.82, 2.24) is 24.6 Å². The number of aromatic nitrogens is 3. The SMILES string of the molecule is C#CC(=CC=C(C)C)n1nc(C(C)(C)C)cc1NC(=O)Nc1ccc(Oc2ccnc(NC(=O)N(C)CCN3CCOCC3)c2)c2ccccc12. The van der Waals surface area contributed by atoms with Gasteiger partial charge >= 0.3 is 12.1 Å². The van der Waals surface area contributed by atoms with Crippen LogP contribution >= 0.6 is 0 Å². The van der Waals surface area contributed by atoms with E-state index in [1.807, 2.05) is 71.0 Å². The zero-order valence-electron chi connectivity index (χ0n) is 30.1. The van der Waals surface area contributed by atoms with Crippen molar-refractivity contribution in [3.05, 3.63) is 84.2 Å². The number of rotatable bonds is 10. The third-order valence-corrected chi connectivity index (χ3v) is 8.20. The lowest BCUT2D eigenvalue weighted by Crippen LogP contribution is -2.42. The number of carbonyl (C=O) groups is 2. The lowest BCUT2D eigenvalue weighted by molar-refractivity contribution is 0.0359. The summed E-state index contributed by atoms with van der Waals surface area (Å²) in [5.74, 6) is 4.56. The summed E-state index contributed by atoms with van der Waals surface area (Å²) >= 11 is 0. The highest BCUT2D eigenvalue weighted by Crippen LogP contribution is 2.35. The quantitative estimate of drug-likeness (QED) is 0.117. The van der Waals surface area contributed by atoms with Gasteiger partial charge in [-0.3, -0.25) is 15.5 Å². The number of morpholine rings is 1. The minimum Gasteiger partial charge on any atom is -0.457 e. The predicted octanol–water partition coefficient (Wildman–Crippen LogP) is 7.40. The van der Waals surface area contributed by atoms with Gasteiger partial charge in [0.15, 0.2) is 0 Å². The van der Waals surface area contributed by atoms with Gasteiger partial charge in [0.25, 0.3) is 0 Å². The first-order valence-corrected chi connectivity index (χ1v) is 16.9. The van der Waals surface area contributed by atoms with Crippen LogP contribution < -0.4 is 20.7 Å². The highest BCUT2D eigenvalue weighted by Gasteiger charge is 2.22. The highest BCUT2D eigenvalue weighted by atomic mass is 16.5. The third-order valence-electron chi connectivity index (χ3n) is 8.20. The molecule has 266 valence electrons. The molecule has 12 nitrogen and oxygen atoms in total. The molecule has 5 rings (SSSR count). The molecule has 1 aliphatic heterocycles. The Balaban J connectivity index is 1.30. The van der Waals surface area contributed by atoms with Crippen molar-refractivity contribution >= 4 is 45.9 Å². The minimum absolute atomic E-state index is 0.260. The van der Waals surface area contributed by atoms with Crippen molar-refractivity contribution < 1.29 is 19.1 Å². The van der Waals surface area contributed by atoms with Gasteiger partial charge in [-0.05, 0) is 38.1 Å². The van der Waals surface area contributed by atoms with E-state index in [1.165, 1.54) is 0 Å². The number of anilines is 3. The van der Waals surface area contributed by atoms with E-state index in [9.17, 15) is 9.59 Å². The number of fused-ring (bicyclic) bond motifs is 1. The average molecular weight is 691 g/mol. The maximum absolute atomic E-state index is 13.5. The number of carbonyl (C=O) groups excluding carboxylic acids is 2. The maximum atomic E-state index is 13.5. The van der Waals surface area contributed by atoms with Crippen LogP contribution in [0.1, 0.15) is 40.3 Å². The zero-order chi connectivity index (χ0) is 36.5. The van der Waals surface area contributed by atoms with Gasteiger partial charge in [-0.15, -0.1) is 6.42 Å². The van der Waals surface area contributed by atoms with Crippen LogP contribution in [0.3, 0.4) is 0 Å². The Morgan fingerprint density at radius 3 is 2.47 bits per heavy atom. The van der Waals surface area contributed by atoms with Crippen LogP contribution in [0.25, 0.3) is 16.5 Å². The van der Waals surface area contributed by atoms with E-state index in [1.54, 1.807) is 53.2 Å². The summed E-state index contributed by atoms with van der Waals surface area (Å²) in [4.78, 5) is 34.5. The first-order valence-electron chi connectivity index (χ1n) is 16.9. The molecule has 3 heterocycles. The molecule has 4 aromatic rings. The smallest absolute Gasteiger partial charge is 0.324 e. The summed E-state index contributed by atoms with van der Waals surface area (Å²) in [6.07, 6.45) is 11.2. The van der Waals surface area contributed by atoms with Crippen molar-refractivity contribution in [3.8, 4) is 23.8 Å². The first-order chi connectivity index (χ1) is 24.4. The minimum atomic E-state index is -0.460. The van der Waals surface area contributed by atoms with Crippen LogP contribution in [0.15, 0.2) is 78.5 Å². The van der Waals surface area contributed by atoms with E-state index in [2.05, 4.69) is 31.8 Å². The molecular formula is C39H46N8O4. The summed E-state index contributed by atoms with van der Waals surface area (Å²) < 4.78 is 13.3. The summed E-state index contributed by atoms with van der Waals surface area (Å²) in [7, 11) is 1.76. The van der Waals surface area contributed by atoms with Gasteiger partial charge in [-0.25, -0.2) is 19.3 Å². The Hall–Kier alpha value is -5.64. The second-order valence-corrected chi connectivity index (χ2v) is 13.5. The Bertz CT molecular complexity index is 1970. The molecule has 0 spiro atoms. The molecular weight excluding hydrogens is 644 g/mol. The first kappa shape index (κ1) is 36.6. The molecule has 12 heteroatoms. The van der Waals surface area contributed by atoms with Crippen molar-refractivity contribution in [2.75, 3.05) is 62.4 Å². The van der Waals surface area contributed by atoms with Crippen LogP contribution in [0.2, 0.25) is 0 Å². The predicted molar refractivity (Wildman–Crippen MR) is 203 cm³/mol. The lowest BCUT2D eigenvalue weighted by Gasteiger charge is -2.28. The fraction of sp³-hybridized carbons (Fsp3) is 0.333. The van der Waals surface area contributed by atoms with Gasteiger partial charge in [-0.2, -0.15) is 5.10 Å². The maximum Gasteiger partial charge on any atom is 0.324 e. The molecule has 1 saturated heterocycles. The Morgan fingerprint density at radius 1 is 1.02 bits per heavy atom. The van der Waals surface area contributed by atoms with Crippen molar-refractivity contribution in [2.45, 2.75) is 40.0 Å². The number of ether oxygens (including phenoxy) is 2. The number of nitrogens with one attached hydrogen (secondary N) is 3. The zero-order valence-corrected chi connectivity index (χ0v) is 30.1. The standard InChI is InChI=1S/C39H46N8O4/c1-8-28(14-13-27(2)3)47-36(26-34(44-47)39(4,5)6)43-37(48)41-32-15-16-33(31-12-10-9-11-30(31)32)51-29-17-18-40-35(25-29)42-38(49)45(7)19-20-46-21-23-50-24-22-46/h1,9-18,25-26H,19-24H2,2-7H3,(H,40,42,49)(H2,41,43,48).